The standard InChI is InChI=1S/C18H25NO4/c1-13-7-6-11-18(3,4)16(13)9-8-15(17(21)22-5)10-12-19-23-14(2)20/h8-10,12H,6-7,11H2,1-5H3/b9-8+,15-10-,19-12+. The second-order valence-corrected chi connectivity index (χ2v) is 6.22. The Labute approximate surface area is 137 Å². The summed E-state index contributed by atoms with van der Waals surface area (Å²) in [5.74, 6) is -0.989. The Morgan fingerprint density at radius 2 is 2.00 bits per heavy atom. The van der Waals surface area contributed by atoms with Crippen LogP contribution < -0.4 is 0 Å². The van der Waals surface area contributed by atoms with Crippen LogP contribution in [0, 0.1) is 5.41 Å². The van der Waals surface area contributed by atoms with Gasteiger partial charge in [-0.3, -0.25) is 0 Å². The van der Waals surface area contributed by atoms with Gasteiger partial charge in [0.1, 0.15) is 0 Å². The molecule has 0 atom stereocenters. The van der Waals surface area contributed by atoms with Crippen LogP contribution in [0.1, 0.15) is 47.0 Å². The fourth-order valence-corrected chi connectivity index (χ4v) is 2.71. The highest BCUT2D eigenvalue weighted by Crippen LogP contribution is 2.40. The molecule has 0 heterocycles. The van der Waals surface area contributed by atoms with Crippen molar-refractivity contribution < 1.29 is 19.2 Å². The van der Waals surface area contributed by atoms with Gasteiger partial charge in [-0.1, -0.05) is 30.7 Å². The van der Waals surface area contributed by atoms with Gasteiger partial charge >= 0.3 is 11.9 Å². The van der Waals surface area contributed by atoms with E-state index in [2.05, 4.69) is 30.8 Å². The summed E-state index contributed by atoms with van der Waals surface area (Å²) in [6.45, 7) is 7.80. The molecule has 1 aliphatic carbocycles. The van der Waals surface area contributed by atoms with Crippen molar-refractivity contribution in [2.75, 3.05) is 7.11 Å². The van der Waals surface area contributed by atoms with E-state index in [0.717, 1.165) is 12.8 Å². The molecule has 0 saturated heterocycles. The lowest BCUT2D eigenvalue weighted by Gasteiger charge is -2.32. The SMILES string of the molecule is COC(=O)C(=C\C=N\OC(C)=O)/C=C/C1=C(C)CCCC1(C)C. The normalized spacial score (nSPS) is 18.6. The number of oxime groups is 1. The Balaban J connectivity index is 3.01. The fourth-order valence-electron chi connectivity index (χ4n) is 2.71. The third-order valence-corrected chi connectivity index (χ3v) is 3.89. The maximum Gasteiger partial charge on any atom is 0.337 e. The minimum Gasteiger partial charge on any atom is -0.465 e. The number of esters is 1. The van der Waals surface area contributed by atoms with E-state index in [1.165, 1.54) is 43.9 Å². The molecule has 0 aliphatic heterocycles. The Hall–Kier alpha value is -2.17. The van der Waals surface area contributed by atoms with Crippen molar-refractivity contribution >= 4 is 18.2 Å². The molecular formula is C18H25NO4. The Bertz CT molecular complexity index is 580. The molecule has 5 heteroatoms. The zero-order valence-corrected chi connectivity index (χ0v) is 14.5. The van der Waals surface area contributed by atoms with Crippen LogP contribution in [0.15, 0.2) is 40.1 Å². The van der Waals surface area contributed by atoms with E-state index in [9.17, 15) is 9.59 Å². The summed E-state index contributed by atoms with van der Waals surface area (Å²) in [5.41, 5.74) is 3.02. The summed E-state index contributed by atoms with van der Waals surface area (Å²) in [7, 11) is 1.32. The van der Waals surface area contributed by atoms with E-state index in [4.69, 9.17) is 4.74 Å². The van der Waals surface area contributed by atoms with Gasteiger partial charge in [-0.05, 0) is 49.3 Å². The predicted octanol–water partition coefficient (Wildman–Crippen LogP) is 3.72. The van der Waals surface area contributed by atoms with Gasteiger partial charge in [0.2, 0.25) is 0 Å². The molecule has 0 aromatic rings. The smallest absolute Gasteiger partial charge is 0.337 e. The number of allylic oxidation sites excluding steroid dienone is 4. The highest BCUT2D eigenvalue weighted by atomic mass is 16.7. The summed E-state index contributed by atoms with van der Waals surface area (Å²) in [6, 6.07) is 0. The lowest BCUT2D eigenvalue weighted by atomic mass is 9.72. The van der Waals surface area contributed by atoms with Crippen molar-refractivity contribution in [3.05, 3.63) is 34.9 Å². The van der Waals surface area contributed by atoms with Crippen molar-refractivity contribution in [3.63, 3.8) is 0 Å². The molecule has 1 aliphatic rings. The molecule has 0 radical (unpaired) electrons. The number of hydrogen-bond donors (Lipinski definition) is 0. The number of carbonyl (C=O) groups is 2. The predicted molar refractivity (Wildman–Crippen MR) is 89.8 cm³/mol. The molecule has 0 aromatic carbocycles. The molecule has 23 heavy (non-hydrogen) atoms. The first kappa shape index (κ1) is 18.9. The minimum absolute atomic E-state index is 0.0892. The van der Waals surface area contributed by atoms with Crippen molar-refractivity contribution in [2.45, 2.75) is 47.0 Å². The lowest BCUT2D eigenvalue weighted by molar-refractivity contribution is -0.140. The molecule has 126 valence electrons. The molecule has 0 amide bonds. The summed E-state index contributed by atoms with van der Waals surface area (Å²) in [5, 5.41) is 3.46. The number of nitrogens with zero attached hydrogens (tertiary/aromatic N) is 1. The van der Waals surface area contributed by atoms with Gasteiger partial charge < -0.3 is 9.57 Å². The third kappa shape index (κ3) is 5.85. The Kier molecular flexibility index (Phi) is 6.94. The number of methoxy groups -OCH3 is 1. The van der Waals surface area contributed by atoms with Crippen LogP contribution in [-0.2, 0) is 19.2 Å². The van der Waals surface area contributed by atoms with Crippen LogP contribution in [0.4, 0.5) is 0 Å². The minimum atomic E-state index is -0.519. The van der Waals surface area contributed by atoms with E-state index in [1.807, 2.05) is 6.08 Å². The summed E-state index contributed by atoms with van der Waals surface area (Å²) in [4.78, 5) is 26.9. The molecule has 0 aromatic heterocycles. The average molecular weight is 319 g/mol. The molecule has 0 bridgehead atoms. The summed E-state index contributed by atoms with van der Waals surface area (Å²) >= 11 is 0. The molecule has 5 nitrogen and oxygen atoms in total. The first-order chi connectivity index (χ1) is 10.8. The number of hydrogen-bond acceptors (Lipinski definition) is 5. The summed E-state index contributed by atoms with van der Waals surface area (Å²) < 4.78 is 4.77. The molecular weight excluding hydrogens is 294 g/mol. The lowest BCUT2D eigenvalue weighted by Crippen LogP contribution is -2.19. The second-order valence-electron chi connectivity index (χ2n) is 6.22. The maximum absolute atomic E-state index is 11.8. The van der Waals surface area contributed by atoms with E-state index < -0.39 is 11.9 Å². The monoisotopic (exact) mass is 319 g/mol. The van der Waals surface area contributed by atoms with E-state index >= 15 is 0 Å². The third-order valence-electron chi connectivity index (χ3n) is 3.89. The van der Waals surface area contributed by atoms with Crippen LogP contribution in [0.3, 0.4) is 0 Å². The molecule has 1 rings (SSSR count). The number of ether oxygens (including phenoxy) is 1. The average Bonchev–Trinajstić information content (AvgIpc) is 2.47. The van der Waals surface area contributed by atoms with E-state index in [0.29, 0.717) is 5.57 Å². The van der Waals surface area contributed by atoms with Gasteiger partial charge in [0.15, 0.2) is 0 Å². The first-order valence-corrected chi connectivity index (χ1v) is 7.66. The quantitative estimate of drug-likeness (QED) is 0.193. The molecule has 0 unspecified atom stereocenters. The van der Waals surface area contributed by atoms with Crippen LogP contribution in [0.25, 0.3) is 0 Å². The molecule has 0 saturated carbocycles. The van der Waals surface area contributed by atoms with E-state index in [-0.39, 0.29) is 5.41 Å². The van der Waals surface area contributed by atoms with Crippen molar-refractivity contribution in [1.82, 2.24) is 0 Å². The van der Waals surface area contributed by atoms with Crippen LogP contribution in [0.2, 0.25) is 0 Å². The highest BCUT2D eigenvalue weighted by Gasteiger charge is 2.26. The first-order valence-electron chi connectivity index (χ1n) is 7.66. The van der Waals surface area contributed by atoms with Crippen LogP contribution in [0.5, 0.6) is 0 Å². The van der Waals surface area contributed by atoms with Gasteiger partial charge in [-0.2, -0.15) is 0 Å². The molecule has 0 spiro atoms. The van der Waals surface area contributed by atoms with Crippen molar-refractivity contribution in [2.24, 2.45) is 10.6 Å². The second kappa shape index (κ2) is 8.46. The largest absolute Gasteiger partial charge is 0.465 e. The summed E-state index contributed by atoms with van der Waals surface area (Å²) in [6.07, 6.45) is 9.78. The van der Waals surface area contributed by atoms with Gasteiger partial charge in [0.05, 0.1) is 18.9 Å². The topological polar surface area (TPSA) is 65.0 Å². The van der Waals surface area contributed by atoms with Crippen LogP contribution in [-0.4, -0.2) is 25.3 Å². The zero-order valence-electron chi connectivity index (χ0n) is 14.5. The zero-order chi connectivity index (χ0) is 17.5. The van der Waals surface area contributed by atoms with E-state index in [1.54, 1.807) is 6.08 Å². The Morgan fingerprint density at radius 1 is 1.30 bits per heavy atom. The van der Waals surface area contributed by atoms with Gasteiger partial charge in [-0.25, -0.2) is 9.59 Å². The number of rotatable bonds is 5. The van der Waals surface area contributed by atoms with Crippen molar-refractivity contribution in [1.29, 1.82) is 0 Å². The number of carbonyl (C=O) groups excluding carboxylic acids is 2. The van der Waals surface area contributed by atoms with Gasteiger partial charge in [0, 0.05) is 6.92 Å². The van der Waals surface area contributed by atoms with Crippen molar-refractivity contribution in [3.8, 4) is 0 Å². The maximum atomic E-state index is 11.8. The van der Waals surface area contributed by atoms with Crippen LogP contribution >= 0.6 is 0 Å². The highest BCUT2D eigenvalue weighted by molar-refractivity contribution is 5.96. The molecule has 0 fully saturated rings. The molecule has 0 N–H and O–H groups in total. The van der Waals surface area contributed by atoms with Gasteiger partial charge in [-0.15, -0.1) is 0 Å². The van der Waals surface area contributed by atoms with Gasteiger partial charge in [0.25, 0.3) is 0 Å². The fraction of sp³-hybridized carbons (Fsp3) is 0.500. The Morgan fingerprint density at radius 3 is 2.57 bits per heavy atom.